The first-order valence-electron chi connectivity index (χ1n) is 10.2. The van der Waals surface area contributed by atoms with E-state index in [1.165, 1.54) is 12.8 Å². The molecule has 0 radical (unpaired) electrons. The van der Waals surface area contributed by atoms with Crippen molar-refractivity contribution in [1.29, 1.82) is 0 Å². The number of hydrogen-bond donors (Lipinski definition) is 2. The molecule has 0 bridgehead atoms. The number of nitrogens with zero attached hydrogens (tertiary/aromatic N) is 1. The van der Waals surface area contributed by atoms with Gasteiger partial charge in [0.05, 0.1) is 34.0 Å². The fourth-order valence-electron chi connectivity index (χ4n) is 3.51. The van der Waals surface area contributed by atoms with Gasteiger partial charge in [-0.05, 0) is 61.1 Å². The number of rotatable bonds is 9. The van der Waals surface area contributed by atoms with Gasteiger partial charge in [0.15, 0.2) is 29.0 Å². The van der Waals surface area contributed by atoms with E-state index in [-0.39, 0.29) is 6.10 Å². The monoisotopic (exact) mass is 413 g/mol. The number of guanidine groups is 1. The largest absolute Gasteiger partial charge is 0.493 e. The average Bonchev–Trinajstić information content (AvgIpc) is 3.29. The van der Waals surface area contributed by atoms with Crippen molar-refractivity contribution in [3.05, 3.63) is 47.5 Å². The Hall–Kier alpha value is -3.09. The normalized spacial score (nSPS) is 14.4. The smallest absolute Gasteiger partial charge is 0.189 e. The Labute approximate surface area is 178 Å². The van der Waals surface area contributed by atoms with Gasteiger partial charge in [-0.1, -0.05) is 12.1 Å². The van der Waals surface area contributed by atoms with E-state index in [1.807, 2.05) is 36.4 Å². The summed E-state index contributed by atoms with van der Waals surface area (Å²) in [4.78, 5) is 4.45. The van der Waals surface area contributed by atoms with Crippen molar-refractivity contribution < 1.29 is 18.9 Å². The Balaban J connectivity index is 1.59. The lowest BCUT2D eigenvalue weighted by molar-refractivity contribution is 0.200. The van der Waals surface area contributed by atoms with Gasteiger partial charge in [0, 0.05) is 6.54 Å². The van der Waals surface area contributed by atoms with Gasteiger partial charge >= 0.3 is 0 Å². The van der Waals surface area contributed by atoms with Crippen LogP contribution in [0.2, 0.25) is 0 Å². The topological polar surface area (TPSA) is 87.3 Å². The fourth-order valence-corrected chi connectivity index (χ4v) is 3.51. The molecule has 2 aromatic rings. The molecule has 162 valence electrons. The number of nitrogens with two attached hydrogens (primary N) is 1. The zero-order valence-electron chi connectivity index (χ0n) is 17.9. The molecule has 7 nitrogen and oxygen atoms in total. The molecule has 0 saturated heterocycles. The molecule has 0 aliphatic heterocycles. The van der Waals surface area contributed by atoms with Gasteiger partial charge in [-0.15, -0.1) is 0 Å². The minimum atomic E-state index is 0.269. The summed E-state index contributed by atoms with van der Waals surface area (Å²) in [5, 5.41) is 3.13. The third kappa shape index (κ3) is 5.72. The van der Waals surface area contributed by atoms with Crippen LogP contribution in [0.15, 0.2) is 41.4 Å². The predicted molar refractivity (Wildman–Crippen MR) is 118 cm³/mol. The van der Waals surface area contributed by atoms with Crippen LogP contribution < -0.4 is 30.0 Å². The summed E-state index contributed by atoms with van der Waals surface area (Å²) in [5.74, 6) is 3.26. The molecular formula is C23H31N3O4. The van der Waals surface area contributed by atoms with E-state index in [4.69, 9.17) is 24.7 Å². The molecule has 1 aliphatic carbocycles. The zero-order valence-corrected chi connectivity index (χ0v) is 17.9. The molecular weight excluding hydrogens is 382 g/mol. The van der Waals surface area contributed by atoms with Crippen LogP contribution in [0.5, 0.6) is 23.0 Å². The lowest BCUT2D eigenvalue weighted by Gasteiger charge is -2.16. The summed E-state index contributed by atoms with van der Waals surface area (Å²) in [6.45, 7) is 0.990. The van der Waals surface area contributed by atoms with E-state index in [2.05, 4.69) is 10.3 Å². The second kappa shape index (κ2) is 10.6. The van der Waals surface area contributed by atoms with Crippen LogP contribution in [0.3, 0.4) is 0 Å². The molecule has 3 N–H and O–H groups in total. The van der Waals surface area contributed by atoms with Crippen molar-refractivity contribution in [2.24, 2.45) is 10.7 Å². The summed E-state index contributed by atoms with van der Waals surface area (Å²) >= 11 is 0. The molecule has 1 saturated carbocycles. The highest BCUT2D eigenvalue weighted by Crippen LogP contribution is 2.32. The van der Waals surface area contributed by atoms with E-state index in [0.717, 1.165) is 35.5 Å². The van der Waals surface area contributed by atoms with Gasteiger partial charge in [0.25, 0.3) is 0 Å². The number of nitrogens with one attached hydrogen (secondary N) is 1. The molecule has 3 rings (SSSR count). The van der Waals surface area contributed by atoms with Crippen molar-refractivity contribution in [3.63, 3.8) is 0 Å². The lowest BCUT2D eigenvalue weighted by Crippen LogP contribution is -2.31. The highest BCUT2D eigenvalue weighted by atomic mass is 16.5. The van der Waals surface area contributed by atoms with E-state index in [0.29, 0.717) is 30.5 Å². The van der Waals surface area contributed by atoms with Crippen molar-refractivity contribution in [2.75, 3.05) is 21.3 Å². The van der Waals surface area contributed by atoms with E-state index in [9.17, 15) is 0 Å². The van der Waals surface area contributed by atoms with Crippen molar-refractivity contribution in [1.82, 2.24) is 5.32 Å². The van der Waals surface area contributed by atoms with Gasteiger partial charge in [-0.25, -0.2) is 4.99 Å². The number of ether oxygens (including phenoxy) is 4. The minimum Gasteiger partial charge on any atom is -0.493 e. The van der Waals surface area contributed by atoms with Crippen molar-refractivity contribution in [3.8, 4) is 23.0 Å². The first-order chi connectivity index (χ1) is 14.6. The predicted octanol–water partition coefficient (Wildman–Crippen LogP) is 3.64. The second-order valence-electron chi connectivity index (χ2n) is 7.25. The SMILES string of the molecule is COc1ccc(CNC(N)=NCc2ccc(OC)c(OC3CCCC3)c2)cc1OC. The van der Waals surface area contributed by atoms with Crippen LogP contribution in [-0.2, 0) is 13.1 Å². The molecule has 1 aliphatic rings. The number of methoxy groups -OCH3 is 3. The zero-order chi connectivity index (χ0) is 21.3. The maximum Gasteiger partial charge on any atom is 0.189 e. The number of benzene rings is 2. The van der Waals surface area contributed by atoms with Crippen LogP contribution in [0.1, 0.15) is 36.8 Å². The third-order valence-corrected chi connectivity index (χ3v) is 5.18. The molecule has 2 aromatic carbocycles. The maximum absolute atomic E-state index is 6.15. The van der Waals surface area contributed by atoms with Crippen molar-refractivity contribution in [2.45, 2.75) is 44.9 Å². The highest BCUT2D eigenvalue weighted by Gasteiger charge is 2.18. The van der Waals surface area contributed by atoms with Crippen LogP contribution in [0, 0.1) is 0 Å². The van der Waals surface area contributed by atoms with Crippen molar-refractivity contribution >= 4 is 5.96 Å². The Morgan fingerprint density at radius 3 is 2.17 bits per heavy atom. The Morgan fingerprint density at radius 1 is 0.900 bits per heavy atom. The van der Waals surface area contributed by atoms with Gasteiger partial charge in [0.1, 0.15) is 0 Å². The summed E-state index contributed by atoms with van der Waals surface area (Å²) in [7, 11) is 4.89. The van der Waals surface area contributed by atoms with E-state index in [1.54, 1.807) is 21.3 Å². The maximum atomic E-state index is 6.15. The molecule has 0 aromatic heterocycles. The molecule has 0 heterocycles. The summed E-state index contributed by atoms with van der Waals surface area (Å²) < 4.78 is 22.2. The lowest BCUT2D eigenvalue weighted by atomic mass is 10.2. The Kier molecular flexibility index (Phi) is 7.65. The third-order valence-electron chi connectivity index (χ3n) is 5.18. The van der Waals surface area contributed by atoms with Crippen LogP contribution in [0.25, 0.3) is 0 Å². The number of aliphatic imine (C=N–C) groups is 1. The van der Waals surface area contributed by atoms with Gasteiger partial charge in [-0.2, -0.15) is 0 Å². The highest BCUT2D eigenvalue weighted by molar-refractivity contribution is 5.77. The first-order valence-corrected chi connectivity index (χ1v) is 10.2. The summed E-state index contributed by atoms with van der Waals surface area (Å²) in [6, 6.07) is 11.6. The summed E-state index contributed by atoms with van der Waals surface area (Å²) in [6.07, 6.45) is 4.90. The molecule has 7 heteroatoms. The molecule has 0 unspecified atom stereocenters. The van der Waals surface area contributed by atoms with Crippen LogP contribution in [0.4, 0.5) is 0 Å². The molecule has 0 atom stereocenters. The van der Waals surface area contributed by atoms with E-state index < -0.39 is 0 Å². The second-order valence-corrected chi connectivity index (χ2v) is 7.25. The van der Waals surface area contributed by atoms with Gasteiger partial charge in [0.2, 0.25) is 0 Å². The van der Waals surface area contributed by atoms with Crippen LogP contribution in [-0.4, -0.2) is 33.4 Å². The van der Waals surface area contributed by atoms with Crippen LogP contribution >= 0.6 is 0 Å². The first kappa shape index (κ1) is 21.6. The average molecular weight is 414 g/mol. The van der Waals surface area contributed by atoms with E-state index >= 15 is 0 Å². The minimum absolute atomic E-state index is 0.269. The number of hydrogen-bond acceptors (Lipinski definition) is 5. The van der Waals surface area contributed by atoms with Gasteiger partial charge in [-0.3, -0.25) is 0 Å². The van der Waals surface area contributed by atoms with Gasteiger partial charge < -0.3 is 30.0 Å². The summed E-state index contributed by atoms with van der Waals surface area (Å²) in [5.41, 5.74) is 8.08. The standard InChI is InChI=1S/C23H31N3O4/c1-27-19-10-8-16(12-21(19)29-3)14-25-23(24)26-15-17-9-11-20(28-2)22(13-17)30-18-6-4-5-7-18/h8-13,18H,4-7,14-15H2,1-3H3,(H3,24,25,26). The molecule has 30 heavy (non-hydrogen) atoms. The molecule has 0 amide bonds. The fraction of sp³-hybridized carbons (Fsp3) is 0.435. The Bertz CT molecular complexity index is 864. The quantitative estimate of drug-likeness (QED) is 0.482. The molecule has 0 spiro atoms. The Morgan fingerprint density at radius 2 is 1.50 bits per heavy atom. The molecule has 1 fully saturated rings.